The summed E-state index contributed by atoms with van der Waals surface area (Å²) in [6.07, 6.45) is 4.40. The van der Waals surface area contributed by atoms with E-state index in [0.717, 1.165) is 36.0 Å². The van der Waals surface area contributed by atoms with Gasteiger partial charge in [0, 0.05) is 0 Å². The first-order valence-electron chi connectivity index (χ1n) is 7.19. The van der Waals surface area contributed by atoms with E-state index in [4.69, 9.17) is 4.74 Å². The number of hydrogen-bond donors (Lipinski definition) is 0. The Kier molecular flexibility index (Phi) is 5.77. The first-order chi connectivity index (χ1) is 10.3. The molecule has 2 nitrogen and oxygen atoms in total. The molecule has 2 aromatic rings. The molecule has 0 bridgehead atoms. The van der Waals surface area contributed by atoms with Crippen molar-refractivity contribution in [1.29, 1.82) is 0 Å². The average molecular weight is 280 g/mol. The second-order valence-corrected chi connectivity index (χ2v) is 4.95. The fraction of sp³-hybridized carbons (Fsp3) is 0.211. The smallest absolute Gasteiger partial charge is 0.143 e. The highest BCUT2D eigenvalue weighted by molar-refractivity contribution is 5.80. The molecule has 2 rings (SSSR count). The zero-order chi connectivity index (χ0) is 14.9. The fourth-order valence-electron chi connectivity index (χ4n) is 2.12. The topological polar surface area (TPSA) is 26.3 Å². The third-order valence-corrected chi connectivity index (χ3v) is 3.35. The van der Waals surface area contributed by atoms with Gasteiger partial charge in [-0.1, -0.05) is 42.5 Å². The molecule has 0 N–H and O–H groups in total. The molecule has 0 unspecified atom stereocenters. The first-order valence-corrected chi connectivity index (χ1v) is 7.19. The lowest BCUT2D eigenvalue weighted by Crippen LogP contribution is -1.99. The van der Waals surface area contributed by atoms with Gasteiger partial charge in [-0.3, -0.25) is 4.79 Å². The average Bonchev–Trinajstić information content (AvgIpc) is 2.53. The summed E-state index contributed by atoms with van der Waals surface area (Å²) in [5, 5.41) is 0. The molecule has 0 radical (unpaired) electrons. The van der Waals surface area contributed by atoms with Crippen LogP contribution in [0.3, 0.4) is 0 Å². The van der Waals surface area contributed by atoms with Crippen molar-refractivity contribution in [2.24, 2.45) is 0 Å². The second kappa shape index (κ2) is 8.05. The van der Waals surface area contributed by atoms with Gasteiger partial charge in [-0.05, 0) is 54.7 Å². The van der Waals surface area contributed by atoms with Crippen molar-refractivity contribution < 1.29 is 9.53 Å². The van der Waals surface area contributed by atoms with Gasteiger partial charge < -0.3 is 4.74 Å². The van der Waals surface area contributed by atoms with Crippen LogP contribution in [0.1, 0.15) is 24.5 Å². The summed E-state index contributed by atoms with van der Waals surface area (Å²) in [7, 11) is 0. The quantitative estimate of drug-likeness (QED) is 0.429. The first kappa shape index (κ1) is 15.0. The van der Waals surface area contributed by atoms with Crippen molar-refractivity contribution in [3.05, 3.63) is 71.8 Å². The summed E-state index contributed by atoms with van der Waals surface area (Å²) in [5.74, 6) is 0.866. The Labute approximate surface area is 126 Å². The number of carbonyl (C=O) groups excluding carboxylic acids is 1. The van der Waals surface area contributed by atoms with E-state index in [-0.39, 0.29) is 0 Å². The molecule has 0 fully saturated rings. The van der Waals surface area contributed by atoms with Crippen LogP contribution in [0.15, 0.2) is 60.7 Å². The van der Waals surface area contributed by atoms with E-state index < -0.39 is 0 Å². The number of allylic oxidation sites excluding steroid dienone is 2. The maximum atomic E-state index is 10.4. The van der Waals surface area contributed by atoms with E-state index in [1.807, 2.05) is 37.3 Å². The van der Waals surface area contributed by atoms with Crippen molar-refractivity contribution in [1.82, 2.24) is 0 Å². The number of hydrogen-bond acceptors (Lipinski definition) is 2. The summed E-state index contributed by atoms with van der Waals surface area (Å²) in [5.41, 5.74) is 3.34. The second-order valence-electron chi connectivity index (χ2n) is 4.95. The van der Waals surface area contributed by atoms with Gasteiger partial charge in [0.15, 0.2) is 0 Å². The highest BCUT2D eigenvalue weighted by atomic mass is 16.5. The molecular formula is C19H20O2. The Morgan fingerprint density at radius 1 is 1.05 bits per heavy atom. The number of carbonyl (C=O) groups is 1. The SMILES string of the molecule is C/C(=C/C=O)c1ccc(OCCCc2ccccc2)cc1. The van der Waals surface area contributed by atoms with Crippen LogP contribution >= 0.6 is 0 Å². The molecule has 108 valence electrons. The van der Waals surface area contributed by atoms with Gasteiger partial charge >= 0.3 is 0 Å². The van der Waals surface area contributed by atoms with Gasteiger partial charge in [0.25, 0.3) is 0 Å². The molecule has 0 saturated heterocycles. The minimum Gasteiger partial charge on any atom is -0.494 e. The molecule has 0 amide bonds. The van der Waals surface area contributed by atoms with Gasteiger partial charge in [-0.25, -0.2) is 0 Å². The Morgan fingerprint density at radius 3 is 2.43 bits per heavy atom. The van der Waals surface area contributed by atoms with Crippen LogP contribution in [0.4, 0.5) is 0 Å². The van der Waals surface area contributed by atoms with Gasteiger partial charge in [0.05, 0.1) is 6.61 Å². The van der Waals surface area contributed by atoms with Crippen LogP contribution in [0.2, 0.25) is 0 Å². The van der Waals surface area contributed by atoms with Gasteiger partial charge in [0.1, 0.15) is 12.0 Å². The van der Waals surface area contributed by atoms with E-state index in [1.165, 1.54) is 5.56 Å². The van der Waals surface area contributed by atoms with E-state index in [2.05, 4.69) is 24.3 Å². The Bertz CT molecular complexity index is 583. The fourth-order valence-corrected chi connectivity index (χ4v) is 2.12. The van der Waals surface area contributed by atoms with E-state index in [0.29, 0.717) is 6.61 Å². The van der Waals surface area contributed by atoms with Gasteiger partial charge in [-0.15, -0.1) is 0 Å². The Hall–Kier alpha value is -2.35. The van der Waals surface area contributed by atoms with Crippen LogP contribution in [0.25, 0.3) is 5.57 Å². The van der Waals surface area contributed by atoms with Gasteiger partial charge in [0.2, 0.25) is 0 Å². The maximum absolute atomic E-state index is 10.4. The van der Waals surface area contributed by atoms with Crippen molar-refractivity contribution in [3.8, 4) is 5.75 Å². The zero-order valence-corrected chi connectivity index (χ0v) is 12.3. The van der Waals surface area contributed by atoms with E-state index in [9.17, 15) is 4.79 Å². The highest BCUT2D eigenvalue weighted by Crippen LogP contribution is 2.18. The van der Waals surface area contributed by atoms with E-state index >= 15 is 0 Å². The number of rotatable bonds is 7. The lowest BCUT2D eigenvalue weighted by molar-refractivity contribution is -0.104. The number of aryl methyl sites for hydroxylation is 1. The maximum Gasteiger partial charge on any atom is 0.143 e. The lowest BCUT2D eigenvalue weighted by atomic mass is 10.1. The van der Waals surface area contributed by atoms with E-state index in [1.54, 1.807) is 6.08 Å². The summed E-state index contributed by atoms with van der Waals surface area (Å²) in [6, 6.07) is 18.3. The standard InChI is InChI=1S/C19H20O2/c1-16(13-14-20)18-9-11-19(12-10-18)21-15-5-8-17-6-3-2-4-7-17/h2-4,6-7,9-14H,5,8,15H2,1H3/b16-13-. The lowest BCUT2D eigenvalue weighted by Gasteiger charge is -2.07. The normalized spacial score (nSPS) is 11.2. The Balaban J connectivity index is 1.79. The minimum atomic E-state index is 0.706. The molecule has 0 atom stereocenters. The summed E-state index contributed by atoms with van der Waals surface area (Å²) < 4.78 is 5.73. The van der Waals surface area contributed by atoms with Crippen molar-refractivity contribution in [2.75, 3.05) is 6.61 Å². The molecule has 0 heterocycles. The molecule has 0 aromatic heterocycles. The third kappa shape index (κ3) is 4.92. The summed E-state index contributed by atoms with van der Waals surface area (Å²) in [4.78, 5) is 10.4. The van der Waals surface area contributed by atoms with Crippen LogP contribution in [0, 0.1) is 0 Å². The number of aldehydes is 1. The monoisotopic (exact) mass is 280 g/mol. The van der Waals surface area contributed by atoms with Crippen LogP contribution < -0.4 is 4.74 Å². The molecule has 2 aromatic carbocycles. The van der Waals surface area contributed by atoms with Crippen LogP contribution in [-0.4, -0.2) is 12.9 Å². The molecule has 0 aliphatic carbocycles. The van der Waals surface area contributed by atoms with Crippen molar-refractivity contribution >= 4 is 11.9 Å². The predicted octanol–water partition coefficient (Wildman–Crippen LogP) is 4.30. The van der Waals surface area contributed by atoms with Gasteiger partial charge in [-0.2, -0.15) is 0 Å². The molecule has 0 saturated carbocycles. The molecule has 21 heavy (non-hydrogen) atoms. The highest BCUT2D eigenvalue weighted by Gasteiger charge is 1.98. The molecular weight excluding hydrogens is 260 g/mol. The molecule has 2 heteroatoms. The van der Waals surface area contributed by atoms with Crippen molar-refractivity contribution in [3.63, 3.8) is 0 Å². The van der Waals surface area contributed by atoms with Crippen molar-refractivity contribution in [2.45, 2.75) is 19.8 Å². The predicted molar refractivity (Wildman–Crippen MR) is 86.4 cm³/mol. The molecule has 0 spiro atoms. The molecule has 0 aliphatic rings. The summed E-state index contributed by atoms with van der Waals surface area (Å²) in [6.45, 7) is 2.63. The summed E-state index contributed by atoms with van der Waals surface area (Å²) >= 11 is 0. The van der Waals surface area contributed by atoms with Crippen LogP contribution in [-0.2, 0) is 11.2 Å². The Morgan fingerprint density at radius 2 is 1.76 bits per heavy atom. The zero-order valence-electron chi connectivity index (χ0n) is 12.3. The van der Waals surface area contributed by atoms with Crippen LogP contribution in [0.5, 0.6) is 5.75 Å². The molecule has 0 aliphatic heterocycles. The largest absolute Gasteiger partial charge is 0.494 e. The number of benzene rings is 2. The minimum absolute atomic E-state index is 0.706. The third-order valence-electron chi connectivity index (χ3n) is 3.35. The number of ether oxygens (including phenoxy) is 1.